The highest BCUT2D eigenvalue weighted by molar-refractivity contribution is 5.95. The Morgan fingerprint density at radius 2 is 1.71 bits per heavy atom. The van der Waals surface area contributed by atoms with Gasteiger partial charge in [0.2, 0.25) is 0 Å². The summed E-state index contributed by atoms with van der Waals surface area (Å²) < 4.78 is 47.5. The Morgan fingerprint density at radius 1 is 1.03 bits per heavy atom. The van der Waals surface area contributed by atoms with Crippen LogP contribution < -0.4 is 0 Å². The van der Waals surface area contributed by atoms with Gasteiger partial charge in [0.1, 0.15) is 11.6 Å². The van der Waals surface area contributed by atoms with E-state index in [9.17, 15) is 18.0 Å². The molecule has 2 heterocycles. The maximum atomic E-state index is 14.5. The number of piperidine rings is 1. The second kappa shape index (κ2) is 10.5. The number of carbonyl (C=O) groups excluding carboxylic acids is 1. The highest BCUT2D eigenvalue weighted by atomic mass is 19.2. The zero-order valence-corrected chi connectivity index (χ0v) is 19.4. The Labute approximate surface area is 198 Å². The summed E-state index contributed by atoms with van der Waals surface area (Å²) in [5, 5.41) is 0. The summed E-state index contributed by atoms with van der Waals surface area (Å²) in [4.78, 5) is 17.0. The molecule has 1 amide bonds. The van der Waals surface area contributed by atoms with Crippen LogP contribution in [-0.4, -0.2) is 41.9 Å². The van der Waals surface area contributed by atoms with E-state index in [0.717, 1.165) is 18.9 Å². The minimum Gasteiger partial charge on any atom is -0.469 e. The van der Waals surface area contributed by atoms with Crippen molar-refractivity contribution in [2.75, 3.05) is 20.1 Å². The minimum atomic E-state index is -0.841. The molecule has 7 heteroatoms. The molecule has 1 saturated heterocycles. The van der Waals surface area contributed by atoms with Gasteiger partial charge in [-0.25, -0.2) is 13.2 Å². The van der Waals surface area contributed by atoms with Crippen LogP contribution in [0.3, 0.4) is 0 Å². The molecule has 1 aliphatic heterocycles. The van der Waals surface area contributed by atoms with Crippen LogP contribution in [0.4, 0.5) is 13.2 Å². The Bertz CT molecular complexity index is 1140. The van der Waals surface area contributed by atoms with Crippen molar-refractivity contribution in [3.8, 4) is 0 Å². The van der Waals surface area contributed by atoms with Gasteiger partial charge in [-0.3, -0.25) is 9.69 Å². The molecule has 0 radical (unpaired) electrons. The van der Waals surface area contributed by atoms with Crippen LogP contribution in [0.1, 0.15) is 40.1 Å². The van der Waals surface area contributed by atoms with E-state index in [2.05, 4.69) is 4.90 Å². The zero-order valence-electron chi connectivity index (χ0n) is 19.4. The molecule has 0 bridgehead atoms. The van der Waals surface area contributed by atoms with Crippen molar-refractivity contribution >= 4 is 5.91 Å². The summed E-state index contributed by atoms with van der Waals surface area (Å²) in [6.45, 7) is 3.44. The first-order valence-corrected chi connectivity index (χ1v) is 11.5. The van der Waals surface area contributed by atoms with Crippen molar-refractivity contribution in [2.24, 2.45) is 5.92 Å². The Kier molecular flexibility index (Phi) is 7.41. The number of halogens is 3. The van der Waals surface area contributed by atoms with Crippen LogP contribution in [0.15, 0.2) is 59.2 Å². The largest absolute Gasteiger partial charge is 0.469 e. The summed E-state index contributed by atoms with van der Waals surface area (Å²) >= 11 is 0. The molecule has 0 saturated carbocycles. The molecule has 0 aliphatic carbocycles. The van der Waals surface area contributed by atoms with E-state index >= 15 is 0 Å². The van der Waals surface area contributed by atoms with Crippen LogP contribution in [0, 0.1) is 30.3 Å². The van der Waals surface area contributed by atoms with Crippen molar-refractivity contribution in [3.05, 3.63) is 94.7 Å². The van der Waals surface area contributed by atoms with E-state index in [1.165, 1.54) is 18.4 Å². The average Bonchev–Trinajstić information content (AvgIpc) is 3.27. The lowest BCUT2D eigenvalue weighted by molar-refractivity contribution is 0.0580. The number of hydrogen-bond acceptors (Lipinski definition) is 3. The number of rotatable bonds is 7. The van der Waals surface area contributed by atoms with Gasteiger partial charge in [0.15, 0.2) is 11.6 Å². The average molecular weight is 471 g/mol. The monoisotopic (exact) mass is 470 g/mol. The second-order valence-electron chi connectivity index (χ2n) is 9.00. The third kappa shape index (κ3) is 5.20. The molecule has 0 N–H and O–H groups in total. The zero-order chi connectivity index (χ0) is 24.2. The Balaban J connectivity index is 1.50. The van der Waals surface area contributed by atoms with Gasteiger partial charge in [0.25, 0.3) is 5.91 Å². The number of likely N-dealkylation sites (N-methyl/N-ethyl adjacent to an activating group) is 1. The van der Waals surface area contributed by atoms with Crippen LogP contribution in [0.2, 0.25) is 0 Å². The minimum absolute atomic E-state index is 0.134. The molecule has 0 unspecified atom stereocenters. The number of hydrogen-bond donors (Lipinski definition) is 0. The lowest BCUT2D eigenvalue weighted by Crippen LogP contribution is -2.47. The molecule has 1 aromatic heterocycles. The second-order valence-corrected chi connectivity index (χ2v) is 9.00. The molecule has 180 valence electrons. The SMILES string of the molecule is Cc1occc1C(=O)N(C)[C@@H](Cc1ccccc1F)C1CCN(Cc2cccc(F)c2F)CC1. The molecule has 1 atom stereocenters. The van der Waals surface area contributed by atoms with Crippen molar-refractivity contribution in [2.45, 2.75) is 38.8 Å². The molecule has 2 aromatic carbocycles. The topological polar surface area (TPSA) is 36.7 Å². The Hall–Kier alpha value is -3.06. The fraction of sp³-hybridized carbons (Fsp3) is 0.370. The molecule has 1 fully saturated rings. The molecule has 3 aromatic rings. The van der Waals surface area contributed by atoms with Crippen molar-refractivity contribution in [1.82, 2.24) is 9.80 Å². The molecular formula is C27H29F3N2O2. The van der Waals surface area contributed by atoms with Gasteiger partial charge < -0.3 is 9.32 Å². The lowest BCUT2D eigenvalue weighted by Gasteiger charge is -2.40. The molecule has 4 nitrogen and oxygen atoms in total. The van der Waals surface area contributed by atoms with E-state index in [4.69, 9.17) is 4.42 Å². The standard InChI is InChI=1S/C27H29F3N2O2/c1-18-22(12-15-34-18)27(33)31(2)25(16-20-6-3-4-8-23(20)28)19-10-13-32(14-11-19)17-21-7-5-9-24(29)26(21)30/h3-9,12,15,19,25H,10-11,13-14,16-17H2,1-2H3/t25-/m0/s1. The number of amides is 1. The van der Waals surface area contributed by atoms with Crippen LogP contribution in [-0.2, 0) is 13.0 Å². The van der Waals surface area contributed by atoms with Gasteiger partial charge in [-0.1, -0.05) is 30.3 Å². The molecular weight excluding hydrogens is 441 g/mol. The summed E-state index contributed by atoms with van der Waals surface area (Å²) in [5.41, 5.74) is 1.41. The van der Waals surface area contributed by atoms with Gasteiger partial charge in [-0.05, 0) is 69.0 Å². The van der Waals surface area contributed by atoms with Crippen LogP contribution >= 0.6 is 0 Å². The van der Waals surface area contributed by atoms with Gasteiger partial charge >= 0.3 is 0 Å². The maximum absolute atomic E-state index is 14.5. The number of likely N-dealkylation sites (tertiary alicyclic amines) is 1. The third-order valence-electron chi connectivity index (χ3n) is 6.90. The van der Waals surface area contributed by atoms with Crippen LogP contribution in [0.5, 0.6) is 0 Å². The van der Waals surface area contributed by atoms with Gasteiger partial charge in [-0.15, -0.1) is 0 Å². The van der Waals surface area contributed by atoms with Crippen molar-refractivity contribution in [1.29, 1.82) is 0 Å². The molecule has 4 rings (SSSR count). The number of furan rings is 1. The normalized spacial score (nSPS) is 15.9. The summed E-state index contributed by atoms with van der Waals surface area (Å²) in [5.74, 6) is -1.40. The quantitative estimate of drug-likeness (QED) is 0.451. The molecule has 34 heavy (non-hydrogen) atoms. The number of nitrogens with zero attached hydrogens (tertiary/aromatic N) is 2. The van der Waals surface area contributed by atoms with Crippen molar-refractivity contribution in [3.63, 3.8) is 0 Å². The molecule has 1 aliphatic rings. The maximum Gasteiger partial charge on any atom is 0.257 e. The number of aryl methyl sites for hydroxylation is 1. The number of benzene rings is 2. The fourth-order valence-electron chi connectivity index (χ4n) is 4.86. The molecule has 0 spiro atoms. The smallest absolute Gasteiger partial charge is 0.257 e. The third-order valence-corrected chi connectivity index (χ3v) is 6.90. The van der Waals surface area contributed by atoms with Gasteiger partial charge in [-0.2, -0.15) is 0 Å². The Morgan fingerprint density at radius 3 is 2.38 bits per heavy atom. The first-order valence-electron chi connectivity index (χ1n) is 11.5. The van der Waals surface area contributed by atoms with Crippen molar-refractivity contribution < 1.29 is 22.4 Å². The van der Waals surface area contributed by atoms with Crippen LogP contribution in [0.25, 0.3) is 0 Å². The summed E-state index contributed by atoms with van der Waals surface area (Å²) in [6, 6.07) is 12.3. The van der Waals surface area contributed by atoms with E-state index in [1.54, 1.807) is 49.2 Å². The summed E-state index contributed by atoms with van der Waals surface area (Å²) in [7, 11) is 1.76. The van der Waals surface area contributed by atoms with E-state index in [-0.39, 0.29) is 23.7 Å². The predicted octanol–water partition coefficient (Wildman–Crippen LogP) is 5.60. The van der Waals surface area contributed by atoms with E-state index in [0.29, 0.717) is 48.5 Å². The first kappa shape index (κ1) is 24.1. The summed E-state index contributed by atoms with van der Waals surface area (Å²) in [6.07, 6.45) is 3.41. The fourth-order valence-corrected chi connectivity index (χ4v) is 4.86. The first-order chi connectivity index (χ1) is 16.3. The number of carbonyl (C=O) groups is 1. The van der Waals surface area contributed by atoms with E-state index < -0.39 is 11.6 Å². The van der Waals surface area contributed by atoms with Gasteiger partial charge in [0.05, 0.1) is 11.8 Å². The highest BCUT2D eigenvalue weighted by Crippen LogP contribution is 2.29. The lowest BCUT2D eigenvalue weighted by atomic mass is 9.84. The highest BCUT2D eigenvalue weighted by Gasteiger charge is 2.33. The van der Waals surface area contributed by atoms with E-state index in [1.807, 2.05) is 0 Å². The predicted molar refractivity (Wildman–Crippen MR) is 124 cm³/mol. The van der Waals surface area contributed by atoms with Gasteiger partial charge in [0, 0.05) is 25.2 Å².